The smallest absolute Gasteiger partial charge is 0.343 e. The molecule has 4 aromatic rings. The summed E-state index contributed by atoms with van der Waals surface area (Å²) < 4.78 is 10.4. The molecule has 7 heteroatoms. The zero-order valence-corrected chi connectivity index (χ0v) is 16.3. The van der Waals surface area contributed by atoms with Crippen LogP contribution in [-0.2, 0) is 17.6 Å². The maximum absolute atomic E-state index is 12.6. The molecule has 2 N–H and O–H groups in total. The van der Waals surface area contributed by atoms with Gasteiger partial charge in [-0.05, 0) is 49.2 Å². The fourth-order valence-electron chi connectivity index (χ4n) is 3.43. The number of carbonyl (C=O) groups is 1. The SMILES string of the molecule is Cc1ccc2c(O)c(CC(=O)Cc3c(O)c4ccc(C)cc4oc3=O)c(=O)oc2c1. The first-order valence-electron chi connectivity index (χ1n) is 9.27. The molecule has 0 bridgehead atoms. The maximum Gasteiger partial charge on any atom is 0.343 e. The maximum atomic E-state index is 12.6. The number of carbonyl (C=O) groups excluding carboxylic acids is 1. The number of ketones is 1. The van der Waals surface area contributed by atoms with Gasteiger partial charge >= 0.3 is 11.3 Å². The molecular weight excluding hydrogens is 388 g/mol. The van der Waals surface area contributed by atoms with E-state index in [1.54, 1.807) is 36.4 Å². The molecule has 30 heavy (non-hydrogen) atoms. The van der Waals surface area contributed by atoms with Gasteiger partial charge in [0.1, 0.15) is 28.4 Å². The molecule has 0 saturated carbocycles. The predicted octanol–water partition coefficient (Wildman–Crippen LogP) is 3.28. The second kappa shape index (κ2) is 7.18. The molecule has 2 heterocycles. The third kappa shape index (κ3) is 3.34. The number of rotatable bonds is 4. The number of hydrogen-bond donors (Lipinski definition) is 2. The average molecular weight is 406 g/mol. The van der Waals surface area contributed by atoms with E-state index >= 15 is 0 Å². The average Bonchev–Trinajstić information content (AvgIpc) is 2.68. The summed E-state index contributed by atoms with van der Waals surface area (Å²) in [7, 11) is 0. The van der Waals surface area contributed by atoms with E-state index in [4.69, 9.17) is 8.83 Å². The zero-order chi connectivity index (χ0) is 21.6. The van der Waals surface area contributed by atoms with E-state index in [9.17, 15) is 24.6 Å². The van der Waals surface area contributed by atoms with E-state index in [1.165, 1.54) is 0 Å². The Morgan fingerprint density at radius 2 is 1.17 bits per heavy atom. The van der Waals surface area contributed by atoms with Crippen molar-refractivity contribution < 1.29 is 23.8 Å². The Hall–Kier alpha value is -3.87. The van der Waals surface area contributed by atoms with Crippen LogP contribution in [-0.4, -0.2) is 16.0 Å². The van der Waals surface area contributed by atoms with Crippen molar-refractivity contribution in [2.75, 3.05) is 0 Å². The molecule has 0 saturated heterocycles. The van der Waals surface area contributed by atoms with Gasteiger partial charge in [-0.2, -0.15) is 0 Å². The van der Waals surface area contributed by atoms with Crippen LogP contribution in [0.5, 0.6) is 11.5 Å². The predicted molar refractivity (Wildman–Crippen MR) is 110 cm³/mol. The van der Waals surface area contributed by atoms with Crippen molar-refractivity contribution in [1.29, 1.82) is 0 Å². The first-order valence-corrected chi connectivity index (χ1v) is 9.27. The van der Waals surface area contributed by atoms with Crippen LogP contribution in [0.2, 0.25) is 0 Å². The van der Waals surface area contributed by atoms with Gasteiger partial charge in [0.25, 0.3) is 0 Å². The van der Waals surface area contributed by atoms with Gasteiger partial charge in [-0.3, -0.25) is 4.79 Å². The summed E-state index contributed by atoms with van der Waals surface area (Å²) in [5, 5.41) is 21.6. The summed E-state index contributed by atoms with van der Waals surface area (Å²) in [6, 6.07) is 9.91. The largest absolute Gasteiger partial charge is 0.507 e. The molecule has 0 amide bonds. The van der Waals surface area contributed by atoms with E-state index in [1.807, 2.05) is 13.8 Å². The molecule has 0 radical (unpaired) electrons. The number of hydrogen-bond acceptors (Lipinski definition) is 7. The lowest BCUT2D eigenvalue weighted by Crippen LogP contribution is -2.18. The Morgan fingerprint density at radius 1 is 0.767 bits per heavy atom. The molecule has 0 spiro atoms. The first kappa shape index (κ1) is 19.4. The van der Waals surface area contributed by atoms with Crippen LogP contribution in [0, 0.1) is 13.8 Å². The van der Waals surface area contributed by atoms with Crippen LogP contribution in [0.4, 0.5) is 0 Å². The van der Waals surface area contributed by atoms with Crippen molar-refractivity contribution in [3.63, 3.8) is 0 Å². The Bertz CT molecular complexity index is 1330. The molecule has 0 unspecified atom stereocenters. The number of benzene rings is 2. The summed E-state index contributed by atoms with van der Waals surface area (Å²) in [5.74, 6) is -1.22. The fraction of sp³-hybridized carbons (Fsp3) is 0.174. The van der Waals surface area contributed by atoms with Gasteiger partial charge in [0.05, 0.1) is 21.9 Å². The quantitative estimate of drug-likeness (QED) is 0.499. The third-order valence-corrected chi connectivity index (χ3v) is 5.00. The highest BCUT2D eigenvalue weighted by Crippen LogP contribution is 2.29. The van der Waals surface area contributed by atoms with Gasteiger partial charge in [0.15, 0.2) is 0 Å². The molecule has 0 aliphatic rings. The summed E-state index contributed by atoms with van der Waals surface area (Å²) in [4.78, 5) is 37.2. The van der Waals surface area contributed by atoms with E-state index in [0.29, 0.717) is 10.8 Å². The van der Waals surface area contributed by atoms with Gasteiger partial charge < -0.3 is 19.0 Å². The Balaban J connectivity index is 1.69. The normalized spacial score (nSPS) is 11.3. The molecule has 0 fully saturated rings. The highest BCUT2D eigenvalue weighted by atomic mass is 16.4. The van der Waals surface area contributed by atoms with Crippen molar-refractivity contribution >= 4 is 27.7 Å². The van der Waals surface area contributed by atoms with E-state index < -0.39 is 29.9 Å². The molecule has 7 nitrogen and oxygen atoms in total. The van der Waals surface area contributed by atoms with Gasteiger partial charge in [-0.25, -0.2) is 9.59 Å². The minimum Gasteiger partial charge on any atom is -0.507 e. The van der Waals surface area contributed by atoms with Crippen LogP contribution >= 0.6 is 0 Å². The number of aryl methyl sites for hydroxylation is 2. The molecular formula is C23H18O7. The molecule has 0 aliphatic carbocycles. The topological polar surface area (TPSA) is 118 Å². The molecule has 152 valence electrons. The molecule has 0 atom stereocenters. The Morgan fingerprint density at radius 3 is 1.57 bits per heavy atom. The van der Waals surface area contributed by atoms with Crippen LogP contribution in [0.15, 0.2) is 54.8 Å². The monoisotopic (exact) mass is 406 g/mol. The number of fused-ring (bicyclic) bond motifs is 2. The summed E-state index contributed by atoms with van der Waals surface area (Å²) in [5.41, 5.74) is 0.0837. The Labute approximate surface area is 169 Å². The van der Waals surface area contributed by atoms with Crippen LogP contribution in [0.25, 0.3) is 21.9 Å². The lowest BCUT2D eigenvalue weighted by atomic mass is 10.0. The van der Waals surface area contributed by atoms with Crippen molar-refractivity contribution in [2.24, 2.45) is 0 Å². The molecule has 2 aromatic heterocycles. The Kier molecular flexibility index (Phi) is 4.66. The minimum atomic E-state index is -0.829. The van der Waals surface area contributed by atoms with Crippen LogP contribution < -0.4 is 11.3 Å². The highest BCUT2D eigenvalue weighted by molar-refractivity contribution is 5.91. The summed E-state index contributed by atoms with van der Waals surface area (Å²) >= 11 is 0. The summed E-state index contributed by atoms with van der Waals surface area (Å²) in [6.45, 7) is 3.63. The fourth-order valence-corrected chi connectivity index (χ4v) is 3.43. The number of aromatic hydroxyl groups is 2. The standard InChI is InChI=1S/C23H18O7/c1-11-3-5-14-18(7-11)29-22(27)16(20(14)25)9-13(24)10-17-21(26)15-6-4-12(2)8-19(15)30-23(17)28/h3-8,25-26H,9-10H2,1-2H3. The van der Waals surface area contributed by atoms with Gasteiger partial charge in [0, 0.05) is 12.8 Å². The molecule has 4 rings (SSSR count). The molecule has 0 aliphatic heterocycles. The first-order chi connectivity index (χ1) is 14.2. The van der Waals surface area contributed by atoms with E-state index in [-0.39, 0.29) is 33.8 Å². The summed E-state index contributed by atoms with van der Waals surface area (Å²) in [6.07, 6.45) is -0.911. The van der Waals surface area contributed by atoms with Crippen molar-refractivity contribution in [1.82, 2.24) is 0 Å². The minimum absolute atomic E-state index is 0.198. The van der Waals surface area contributed by atoms with E-state index in [0.717, 1.165) is 11.1 Å². The van der Waals surface area contributed by atoms with Gasteiger partial charge in [-0.15, -0.1) is 0 Å². The van der Waals surface area contributed by atoms with E-state index in [2.05, 4.69) is 0 Å². The van der Waals surface area contributed by atoms with Crippen LogP contribution in [0.3, 0.4) is 0 Å². The van der Waals surface area contributed by atoms with Crippen molar-refractivity contribution in [2.45, 2.75) is 26.7 Å². The lowest BCUT2D eigenvalue weighted by Gasteiger charge is -2.08. The zero-order valence-electron chi connectivity index (χ0n) is 16.3. The second-order valence-electron chi connectivity index (χ2n) is 7.32. The van der Waals surface area contributed by atoms with Crippen molar-refractivity contribution in [3.05, 3.63) is 79.5 Å². The lowest BCUT2D eigenvalue weighted by molar-refractivity contribution is -0.117. The van der Waals surface area contributed by atoms with Crippen LogP contribution in [0.1, 0.15) is 22.3 Å². The molecule has 2 aromatic carbocycles. The third-order valence-electron chi connectivity index (χ3n) is 5.00. The van der Waals surface area contributed by atoms with Crippen molar-refractivity contribution in [3.8, 4) is 11.5 Å². The van der Waals surface area contributed by atoms with Gasteiger partial charge in [0.2, 0.25) is 0 Å². The second-order valence-corrected chi connectivity index (χ2v) is 7.32. The number of Topliss-reactive ketones (excluding diaryl/α,β-unsaturated/α-hetero) is 1. The highest BCUT2D eigenvalue weighted by Gasteiger charge is 2.21. The van der Waals surface area contributed by atoms with Gasteiger partial charge in [-0.1, -0.05) is 12.1 Å².